The molecule has 3 aliphatic rings. The van der Waals surface area contributed by atoms with E-state index in [9.17, 15) is 4.79 Å². The van der Waals surface area contributed by atoms with Crippen LogP contribution < -0.4 is 14.2 Å². The first-order valence-electron chi connectivity index (χ1n) is 11.2. The molecule has 0 spiro atoms. The molecule has 0 saturated carbocycles. The van der Waals surface area contributed by atoms with Crippen molar-refractivity contribution >= 4 is 5.91 Å². The van der Waals surface area contributed by atoms with E-state index < -0.39 is 0 Å². The first kappa shape index (κ1) is 20.2. The number of methoxy groups -OCH3 is 1. The molecule has 3 aliphatic heterocycles. The highest BCUT2D eigenvalue weighted by molar-refractivity contribution is 5.77. The fourth-order valence-electron chi connectivity index (χ4n) is 5.24. The van der Waals surface area contributed by atoms with Gasteiger partial charge in [0.15, 0.2) is 11.5 Å². The topological polar surface area (TPSA) is 51.2 Å². The van der Waals surface area contributed by atoms with Crippen LogP contribution in [0.25, 0.3) is 0 Å². The maximum Gasteiger partial charge on any atom is 0.231 e. The molecule has 0 aromatic heterocycles. The number of piperidine rings is 2. The molecule has 6 heteroatoms. The van der Waals surface area contributed by atoms with Gasteiger partial charge in [-0.3, -0.25) is 9.69 Å². The molecule has 164 valence electrons. The minimum absolute atomic E-state index is 0.311. The number of ether oxygens (including phenoxy) is 3. The van der Waals surface area contributed by atoms with E-state index in [1.54, 1.807) is 7.11 Å². The summed E-state index contributed by atoms with van der Waals surface area (Å²) in [5, 5.41) is 0. The SMILES string of the molecule is COc1cccc(CCN2C(=O)CC[C@@H]3CN(Cc4ccc5c(c4)OCO5)CC[C@@H]32)c1. The van der Waals surface area contributed by atoms with E-state index >= 15 is 0 Å². The zero-order chi connectivity index (χ0) is 21.2. The van der Waals surface area contributed by atoms with Gasteiger partial charge in [0, 0.05) is 38.6 Å². The molecule has 6 nitrogen and oxygen atoms in total. The van der Waals surface area contributed by atoms with Crippen LogP contribution in [0.15, 0.2) is 42.5 Å². The van der Waals surface area contributed by atoms with Gasteiger partial charge in [-0.15, -0.1) is 0 Å². The van der Waals surface area contributed by atoms with Crippen molar-refractivity contribution in [3.8, 4) is 17.2 Å². The van der Waals surface area contributed by atoms with Crippen LogP contribution >= 0.6 is 0 Å². The Morgan fingerprint density at radius 3 is 2.87 bits per heavy atom. The summed E-state index contributed by atoms with van der Waals surface area (Å²) in [4.78, 5) is 17.4. The van der Waals surface area contributed by atoms with E-state index in [1.807, 2.05) is 18.2 Å². The first-order chi connectivity index (χ1) is 15.2. The fourth-order valence-corrected chi connectivity index (χ4v) is 5.24. The lowest BCUT2D eigenvalue weighted by Crippen LogP contribution is -2.56. The largest absolute Gasteiger partial charge is 0.497 e. The van der Waals surface area contributed by atoms with Crippen LogP contribution in [0.4, 0.5) is 0 Å². The lowest BCUT2D eigenvalue weighted by Gasteiger charge is -2.47. The molecule has 2 aromatic rings. The van der Waals surface area contributed by atoms with Gasteiger partial charge in [-0.05, 0) is 60.6 Å². The van der Waals surface area contributed by atoms with Crippen LogP contribution in [0.3, 0.4) is 0 Å². The van der Waals surface area contributed by atoms with E-state index in [-0.39, 0.29) is 0 Å². The number of carbonyl (C=O) groups excluding carboxylic acids is 1. The Morgan fingerprint density at radius 2 is 1.97 bits per heavy atom. The number of hydrogen-bond acceptors (Lipinski definition) is 5. The van der Waals surface area contributed by atoms with E-state index in [0.29, 0.717) is 31.1 Å². The average molecular weight is 423 g/mol. The monoisotopic (exact) mass is 422 g/mol. The summed E-state index contributed by atoms with van der Waals surface area (Å²) in [6.45, 7) is 4.07. The molecule has 3 heterocycles. The molecular formula is C25H30N2O4. The number of nitrogens with zero attached hydrogens (tertiary/aromatic N) is 2. The Labute approximate surface area is 183 Å². The van der Waals surface area contributed by atoms with Gasteiger partial charge in [-0.1, -0.05) is 18.2 Å². The summed E-state index contributed by atoms with van der Waals surface area (Å²) < 4.78 is 16.3. The van der Waals surface area contributed by atoms with Gasteiger partial charge in [0.2, 0.25) is 12.7 Å². The number of fused-ring (bicyclic) bond motifs is 2. The van der Waals surface area contributed by atoms with Crippen LogP contribution in [0, 0.1) is 5.92 Å². The van der Waals surface area contributed by atoms with E-state index in [0.717, 1.165) is 62.7 Å². The van der Waals surface area contributed by atoms with Crippen molar-refractivity contribution in [1.29, 1.82) is 0 Å². The molecule has 0 unspecified atom stereocenters. The van der Waals surface area contributed by atoms with Crippen LogP contribution in [0.1, 0.15) is 30.4 Å². The Hall–Kier alpha value is -2.73. The van der Waals surface area contributed by atoms with Crippen molar-refractivity contribution in [3.63, 3.8) is 0 Å². The summed E-state index contributed by atoms with van der Waals surface area (Å²) in [7, 11) is 1.69. The third-order valence-electron chi connectivity index (χ3n) is 6.85. The van der Waals surface area contributed by atoms with Crippen molar-refractivity contribution in [2.24, 2.45) is 5.92 Å². The van der Waals surface area contributed by atoms with Gasteiger partial charge < -0.3 is 19.1 Å². The molecule has 0 N–H and O–H groups in total. The molecule has 0 aliphatic carbocycles. The summed E-state index contributed by atoms with van der Waals surface area (Å²) >= 11 is 0. The van der Waals surface area contributed by atoms with E-state index in [4.69, 9.17) is 14.2 Å². The summed E-state index contributed by atoms with van der Waals surface area (Å²) in [5.41, 5.74) is 2.47. The number of amides is 1. The molecule has 2 atom stereocenters. The number of likely N-dealkylation sites (tertiary alicyclic amines) is 2. The second kappa shape index (κ2) is 8.79. The van der Waals surface area contributed by atoms with Crippen molar-refractivity contribution in [3.05, 3.63) is 53.6 Å². The van der Waals surface area contributed by atoms with Gasteiger partial charge in [-0.2, -0.15) is 0 Å². The van der Waals surface area contributed by atoms with E-state index in [2.05, 4.69) is 34.1 Å². The van der Waals surface area contributed by atoms with Crippen molar-refractivity contribution in [2.45, 2.75) is 38.3 Å². The third kappa shape index (κ3) is 4.35. The number of benzene rings is 2. The highest BCUT2D eigenvalue weighted by Gasteiger charge is 2.39. The zero-order valence-electron chi connectivity index (χ0n) is 18.1. The predicted octanol–water partition coefficient (Wildman–Crippen LogP) is 3.48. The lowest BCUT2D eigenvalue weighted by atomic mass is 9.83. The van der Waals surface area contributed by atoms with Gasteiger partial charge in [0.25, 0.3) is 0 Å². The lowest BCUT2D eigenvalue weighted by molar-refractivity contribution is -0.141. The quantitative estimate of drug-likeness (QED) is 0.714. The molecule has 2 fully saturated rings. The van der Waals surface area contributed by atoms with Gasteiger partial charge in [-0.25, -0.2) is 0 Å². The molecular weight excluding hydrogens is 392 g/mol. The summed E-state index contributed by atoms with van der Waals surface area (Å²) in [5.74, 6) is 3.41. The van der Waals surface area contributed by atoms with Gasteiger partial charge in [0.1, 0.15) is 5.75 Å². The molecule has 2 saturated heterocycles. The van der Waals surface area contributed by atoms with Crippen molar-refractivity contribution in [2.75, 3.05) is 33.5 Å². The maximum atomic E-state index is 12.7. The minimum Gasteiger partial charge on any atom is -0.497 e. The Bertz CT molecular complexity index is 947. The molecule has 1 amide bonds. The number of hydrogen-bond donors (Lipinski definition) is 0. The molecule has 0 bridgehead atoms. The predicted molar refractivity (Wildman–Crippen MR) is 117 cm³/mol. The number of carbonyl (C=O) groups is 1. The van der Waals surface area contributed by atoms with Crippen LogP contribution in [-0.2, 0) is 17.8 Å². The van der Waals surface area contributed by atoms with Crippen molar-refractivity contribution in [1.82, 2.24) is 9.80 Å². The van der Waals surface area contributed by atoms with Gasteiger partial charge >= 0.3 is 0 Å². The average Bonchev–Trinajstić information content (AvgIpc) is 3.26. The molecule has 31 heavy (non-hydrogen) atoms. The Kier molecular flexibility index (Phi) is 5.72. The normalized spacial score (nSPS) is 23.0. The minimum atomic E-state index is 0.311. The number of rotatable bonds is 6. The molecule has 2 aromatic carbocycles. The summed E-state index contributed by atoms with van der Waals surface area (Å²) in [6, 6.07) is 14.8. The van der Waals surface area contributed by atoms with Crippen LogP contribution in [0.5, 0.6) is 17.2 Å². The maximum absolute atomic E-state index is 12.7. The Balaban J connectivity index is 1.20. The first-order valence-corrected chi connectivity index (χ1v) is 11.2. The fraction of sp³-hybridized carbons (Fsp3) is 0.480. The zero-order valence-corrected chi connectivity index (χ0v) is 18.1. The smallest absolute Gasteiger partial charge is 0.231 e. The van der Waals surface area contributed by atoms with Gasteiger partial charge in [0.05, 0.1) is 7.11 Å². The van der Waals surface area contributed by atoms with Crippen molar-refractivity contribution < 1.29 is 19.0 Å². The second-order valence-electron chi connectivity index (χ2n) is 8.77. The highest BCUT2D eigenvalue weighted by Crippen LogP contribution is 2.35. The second-order valence-corrected chi connectivity index (χ2v) is 8.77. The van der Waals surface area contributed by atoms with Crippen LogP contribution in [-0.4, -0.2) is 55.3 Å². The third-order valence-corrected chi connectivity index (χ3v) is 6.85. The highest BCUT2D eigenvalue weighted by atomic mass is 16.7. The molecule has 5 rings (SSSR count). The standard InChI is InChI=1S/C25H30N2O4/c1-29-21-4-2-3-18(13-21)9-12-27-22-10-11-26(16-20(22)6-8-25(27)28)15-19-5-7-23-24(14-19)31-17-30-23/h2-5,7,13-14,20,22H,6,8-12,15-17H2,1H3/t20-,22+/m1/s1. The van der Waals surface area contributed by atoms with E-state index in [1.165, 1.54) is 11.1 Å². The van der Waals surface area contributed by atoms with Crippen LogP contribution in [0.2, 0.25) is 0 Å². The molecule has 0 radical (unpaired) electrons. The summed E-state index contributed by atoms with van der Waals surface area (Å²) in [6.07, 6.45) is 3.57. The Morgan fingerprint density at radius 1 is 1.06 bits per heavy atom.